The number of methoxy groups -OCH3 is 1. The summed E-state index contributed by atoms with van der Waals surface area (Å²) in [7, 11) is 1.30. The Hall–Kier alpha value is -2.73. The van der Waals surface area contributed by atoms with E-state index in [1.54, 1.807) is 55.5 Å². The maximum absolute atomic E-state index is 12.1. The number of carbonyl (C=O) groups excluding carboxylic acids is 2. The SMILES string of the molecule is COC(=O)Nc1ccc(CNC(=O)C(C)Oc2ccccc2Cl)cc1. The second-order valence-electron chi connectivity index (χ2n) is 5.22. The first-order valence-electron chi connectivity index (χ1n) is 7.62. The van der Waals surface area contributed by atoms with Crippen LogP contribution in [0, 0.1) is 0 Å². The molecule has 2 aromatic carbocycles. The molecule has 2 aromatic rings. The number of amides is 2. The second kappa shape index (κ2) is 8.94. The van der Waals surface area contributed by atoms with Crippen LogP contribution in [0.1, 0.15) is 12.5 Å². The van der Waals surface area contributed by atoms with Gasteiger partial charge >= 0.3 is 6.09 Å². The summed E-state index contributed by atoms with van der Waals surface area (Å²) in [6.07, 6.45) is -1.22. The van der Waals surface area contributed by atoms with Crippen molar-refractivity contribution in [2.45, 2.75) is 19.6 Å². The first kappa shape index (κ1) is 18.6. The summed E-state index contributed by atoms with van der Waals surface area (Å²) in [4.78, 5) is 23.2. The van der Waals surface area contributed by atoms with Crippen molar-refractivity contribution in [3.05, 3.63) is 59.1 Å². The van der Waals surface area contributed by atoms with Gasteiger partial charge in [-0.05, 0) is 36.8 Å². The highest BCUT2D eigenvalue weighted by molar-refractivity contribution is 6.32. The molecule has 1 unspecified atom stereocenters. The van der Waals surface area contributed by atoms with Gasteiger partial charge < -0.3 is 14.8 Å². The number of halogens is 1. The zero-order chi connectivity index (χ0) is 18.2. The number of rotatable bonds is 6. The summed E-state index contributed by atoms with van der Waals surface area (Å²) >= 11 is 6.01. The Bertz CT molecular complexity index is 734. The number of hydrogen-bond acceptors (Lipinski definition) is 4. The molecule has 1 atom stereocenters. The molecule has 0 bridgehead atoms. The molecule has 0 aromatic heterocycles. The van der Waals surface area contributed by atoms with Crippen LogP contribution in [0.15, 0.2) is 48.5 Å². The molecular formula is C18H19ClN2O4. The molecule has 6 nitrogen and oxygen atoms in total. The summed E-state index contributed by atoms with van der Waals surface area (Å²) in [5.74, 6) is 0.210. The van der Waals surface area contributed by atoms with Gasteiger partial charge in [-0.3, -0.25) is 10.1 Å². The second-order valence-corrected chi connectivity index (χ2v) is 5.63. The molecule has 0 heterocycles. The number of ether oxygens (including phenoxy) is 2. The van der Waals surface area contributed by atoms with Gasteiger partial charge in [-0.1, -0.05) is 35.9 Å². The lowest BCUT2D eigenvalue weighted by molar-refractivity contribution is -0.127. The molecule has 0 saturated heterocycles. The third-order valence-electron chi connectivity index (χ3n) is 3.36. The van der Waals surface area contributed by atoms with Crippen molar-refractivity contribution in [3.8, 4) is 5.75 Å². The first-order chi connectivity index (χ1) is 12.0. The fourth-order valence-corrected chi connectivity index (χ4v) is 2.17. The lowest BCUT2D eigenvalue weighted by Crippen LogP contribution is -2.35. The van der Waals surface area contributed by atoms with E-state index in [2.05, 4.69) is 15.4 Å². The van der Waals surface area contributed by atoms with E-state index in [1.807, 2.05) is 0 Å². The minimum atomic E-state index is -0.680. The van der Waals surface area contributed by atoms with Crippen LogP contribution in [-0.2, 0) is 16.1 Å². The van der Waals surface area contributed by atoms with E-state index in [0.717, 1.165) is 5.56 Å². The monoisotopic (exact) mass is 362 g/mol. The molecule has 0 aliphatic heterocycles. The molecule has 2 rings (SSSR count). The average Bonchev–Trinajstić information content (AvgIpc) is 2.62. The Morgan fingerprint density at radius 2 is 1.80 bits per heavy atom. The maximum Gasteiger partial charge on any atom is 0.411 e. The van der Waals surface area contributed by atoms with E-state index in [4.69, 9.17) is 16.3 Å². The number of hydrogen-bond donors (Lipinski definition) is 2. The van der Waals surface area contributed by atoms with Crippen LogP contribution < -0.4 is 15.4 Å². The van der Waals surface area contributed by atoms with Crippen molar-refractivity contribution in [1.82, 2.24) is 5.32 Å². The quantitative estimate of drug-likeness (QED) is 0.823. The normalized spacial score (nSPS) is 11.3. The van der Waals surface area contributed by atoms with Crippen LogP contribution in [0.5, 0.6) is 5.75 Å². The van der Waals surface area contributed by atoms with Crippen LogP contribution in [0.2, 0.25) is 5.02 Å². The van der Waals surface area contributed by atoms with E-state index in [1.165, 1.54) is 7.11 Å². The van der Waals surface area contributed by atoms with Gasteiger partial charge in [0.25, 0.3) is 5.91 Å². The lowest BCUT2D eigenvalue weighted by Gasteiger charge is -2.15. The third kappa shape index (κ3) is 5.69. The van der Waals surface area contributed by atoms with Crippen molar-refractivity contribution in [2.75, 3.05) is 12.4 Å². The summed E-state index contributed by atoms with van der Waals surface area (Å²) in [5.41, 5.74) is 1.49. The van der Waals surface area contributed by atoms with Crippen molar-refractivity contribution < 1.29 is 19.1 Å². The van der Waals surface area contributed by atoms with Crippen molar-refractivity contribution in [1.29, 1.82) is 0 Å². The number of nitrogens with one attached hydrogen (secondary N) is 2. The Morgan fingerprint density at radius 3 is 2.44 bits per heavy atom. The first-order valence-corrected chi connectivity index (χ1v) is 8.00. The van der Waals surface area contributed by atoms with Crippen LogP contribution >= 0.6 is 11.6 Å². The fourth-order valence-electron chi connectivity index (χ4n) is 1.99. The molecule has 25 heavy (non-hydrogen) atoms. The van der Waals surface area contributed by atoms with Crippen LogP contribution in [0.3, 0.4) is 0 Å². The zero-order valence-electron chi connectivity index (χ0n) is 13.9. The molecule has 0 saturated carbocycles. The summed E-state index contributed by atoms with van der Waals surface area (Å²) in [5, 5.41) is 5.80. The molecule has 0 aliphatic rings. The zero-order valence-corrected chi connectivity index (χ0v) is 14.7. The van der Waals surface area contributed by atoms with E-state index in [0.29, 0.717) is 23.0 Å². The molecule has 2 N–H and O–H groups in total. The van der Waals surface area contributed by atoms with Gasteiger partial charge in [-0.15, -0.1) is 0 Å². The van der Waals surface area contributed by atoms with Gasteiger partial charge in [0.2, 0.25) is 0 Å². The highest BCUT2D eigenvalue weighted by Gasteiger charge is 2.15. The molecule has 7 heteroatoms. The maximum atomic E-state index is 12.1. The molecular weight excluding hydrogens is 344 g/mol. The van der Waals surface area contributed by atoms with Gasteiger partial charge in [0.15, 0.2) is 6.10 Å². The molecule has 0 spiro atoms. The van der Waals surface area contributed by atoms with E-state index >= 15 is 0 Å². The van der Waals surface area contributed by atoms with Gasteiger partial charge in [-0.25, -0.2) is 4.79 Å². The Labute approximate surface area is 151 Å². The summed E-state index contributed by atoms with van der Waals surface area (Å²) in [6.45, 7) is 2.00. The van der Waals surface area contributed by atoms with Gasteiger partial charge in [0.1, 0.15) is 5.75 Å². The standard InChI is InChI=1S/C18H19ClN2O4/c1-12(25-16-6-4-3-5-15(16)19)17(22)20-11-13-7-9-14(10-8-13)21-18(23)24-2/h3-10,12H,11H2,1-2H3,(H,20,22)(H,21,23). The average molecular weight is 363 g/mol. The highest BCUT2D eigenvalue weighted by atomic mass is 35.5. The number of anilines is 1. The lowest BCUT2D eigenvalue weighted by atomic mass is 10.2. The molecule has 0 aliphatic carbocycles. The number of para-hydroxylation sites is 1. The van der Waals surface area contributed by atoms with Crippen molar-refractivity contribution >= 4 is 29.3 Å². The topological polar surface area (TPSA) is 76.7 Å². The molecule has 0 fully saturated rings. The van der Waals surface area contributed by atoms with E-state index in [-0.39, 0.29) is 5.91 Å². The summed E-state index contributed by atoms with van der Waals surface area (Å²) < 4.78 is 10.1. The number of carbonyl (C=O) groups is 2. The Kier molecular flexibility index (Phi) is 6.65. The predicted octanol–water partition coefficient (Wildman–Crippen LogP) is 3.60. The van der Waals surface area contributed by atoms with Crippen LogP contribution in [0.4, 0.5) is 10.5 Å². The highest BCUT2D eigenvalue weighted by Crippen LogP contribution is 2.24. The van der Waals surface area contributed by atoms with Gasteiger partial charge in [0, 0.05) is 12.2 Å². The molecule has 0 radical (unpaired) electrons. The fraction of sp³-hybridized carbons (Fsp3) is 0.222. The van der Waals surface area contributed by atoms with Gasteiger partial charge in [0.05, 0.1) is 12.1 Å². The van der Waals surface area contributed by atoms with Crippen LogP contribution in [0.25, 0.3) is 0 Å². The van der Waals surface area contributed by atoms with E-state index in [9.17, 15) is 9.59 Å². The van der Waals surface area contributed by atoms with Crippen molar-refractivity contribution in [2.24, 2.45) is 0 Å². The largest absolute Gasteiger partial charge is 0.479 e. The smallest absolute Gasteiger partial charge is 0.411 e. The Balaban J connectivity index is 1.84. The minimum absolute atomic E-state index is 0.253. The minimum Gasteiger partial charge on any atom is -0.479 e. The van der Waals surface area contributed by atoms with E-state index < -0.39 is 12.2 Å². The Morgan fingerprint density at radius 1 is 1.12 bits per heavy atom. The van der Waals surface area contributed by atoms with Crippen molar-refractivity contribution in [3.63, 3.8) is 0 Å². The molecule has 2 amide bonds. The molecule has 132 valence electrons. The van der Waals surface area contributed by atoms with Crippen LogP contribution in [-0.4, -0.2) is 25.2 Å². The predicted molar refractivity (Wildman–Crippen MR) is 95.9 cm³/mol. The third-order valence-corrected chi connectivity index (χ3v) is 3.67. The number of benzene rings is 2. The summed E-state index contributed by atoms with van der Waals surface area (Å²) in [6, 6.07) is 14.0. The van der Waals surface area contributed by atoms with Gasteiger partial charge in [-0.2, -0.15) is 0 Å².